The van der Waals surface area contributed by atoms with Crippen molar-refractivity contribution >= 4 is 29.7 Å². The van der Waals surface area contributed by atoms with Crippen molar-refractivity contribution in [2.24, 2.45) is 5.92 Å². The number of carbonyl (C=O) groups excluding carboxylic acids is 1. The number of nitrogen functional groups attached to an aromatic ring is 1. The molecule has 130 valence electrons. The molecule has 5 heteroatoms. The van der Waals surface area contributed by atoms with Gasteiger partial charge in [-0.3, -0.25) is 4.79 Å². The largest absolute Gasteiger partial charge is 0.493 e. The molecule has 0 saturated heterocycles. The Hall–Kier alpha value is -2.20. The molecule has 0 heterocycles. The van der Waals surface area contributed by atoms with Gasteiger partial charge in [0, 0.05) is 23.9 Å². The summed E-state index contributed by atoms with van der Waals surface area (Å²) in [5.41, 5.74) is 8.36. The lowest BCUT2D eigenvalue weighted by Crippen LogP contribution is -2.13. The minimum atomic E-state index is -0.0331. The minimum absolute atomic E-state index is 0. The van der Waals surface area contributed by atoms with Crippen LogP contribution >= 0.6 is 12.4 Å². The van der Waals surface area contributed by atoms with Crippen molar-refractivity contribution in [2.45, 2.75) is 26.7 Å². The highest BCUT2D eigenvalue weighted by molar-refractivity contribution is 5.91. The van der Waals surface area contributed by atoms with E-state index in [4.69, 9.17) is 10.5 Å². The van der Waals surface area contributed by atoms with E-state index in [1.807, 2.05) is 48.5 Å². The maximum atomic E-state index is 12.1. The number of amides is 1. The molecule has 0 spiro atoms. The molecule has 2 aromatic rings. The number of benzene rings is 2. The molecular weight excluding hydrogens is 324 g/mol. The lowest BCUT2D eigenvalue weighted by atomic mass is 10.1. The summed E-state index contributed by atoms with van der Waals surface area (Å²) in [6.45, 7) is 4.85. The number of nitrogens with two attached hydrogens (primary N) is 1. The molecule has 2 aromatic carbocycles. The van der Waals surface area contributed by atoms with E-state index in [1.165, 1.54) is 0 Å². The highest BCUT2D eigenvalue weighted by atomic mass is 35.5. The molecule has 0 saturated carbocycles. The van der Waals surface area contributed by atoms with Gasteiger partial charge in [-0.05, 0) is 36.1 Å². The predicted octanol–water partition coefficient (Wildman–Crippen LogP) is 4.30. The fraction of sp³-hybridized carbons (Fsp3) is 0.316. The average Bonchev–Trinajstić information content (AvgIpc) is 2.52. The third-order valence-electron chi connectivity index (χ3n) is 3.38. The predicted molar refractivity (Wildman–Crippen MR) is 102 cm³/mol. The van der Waals surface area contributed by atoms with E-state index in [9.17, 15) is 4.79 Å². The molecule has 0 radical (unpaired) electrons. The van der Waals surface area contributed by atoms with Crippen LogP contribution in [0.1, 0.15) is 25.8 Å². The van der Waals surface area contributed by atoms with E-state index in [-0.39, 0.29) is 18.3 Å². The Morgan fingerprint density at radius 2 is 1.92 bits per heavy atom. The maximum Gasteiger partial charge on any atom is 0.224 e. The Bertz CT molecular complexity index is 659. The molecule has 0 aliphatic heterocycles. The second-order valence-corrected chi connectivity index (χ2v) is 5.98. The highest BCUT2D eigenvalue weighted by Crippen LogP contribution is 2.19. The zero-order valence-electron chi connectivity index (χ0n) is 14.1. The van der Waals surface area contributed by atoms with Gasteiger partial charge in [-0.2, -0.15) is 0 Å². The van der Waals surface area contributed by atoms with Crippen molar-refractivity contribution in [2.75, 3.05) is 17.7 Å². The Morgan fingerprint density at radius 3 is 2.62 bits per heavy atom. The van der Waals surface area contributed by atoms with Crippen LogP contribution in [0.5, 0.6) is 5.75 Å². The van der Waals surface area contributed by atoms with Gasteiger partial charge in [0.1, 0.15) is 5.75 Å². The summed E-state index contributed by atoms with van der Waals surface area (Å²) < 4.78 is 5.67. The fourth-order valence-electron chi connectivity index (χ4n) is 2.16. The number of para-hydroxylation sites is 1. The van der Waals surface area contributed by atoms with Crippen molar-refractivity contribution in [1.29, 1.82) is 0 Å². The van der Waals surface area contributed by atoms with Gasteiger partial charge in [-0.15, -0.1) is 12.4 Å². The summed E-state index contributed by atoms with van der Waals surface area (Å²) in [7, 11) is 0. The summed E-state index contributed by atoms with van der Waals surface area (Å²) >= 11 is 0. The molecule has 0 aliphatic carbocycles. The monoisotopic (exact) mass is 348 g/mol. The smallest absolute Gasteiger partial charge is 0.224 e. The molecule has 3 N–H and O–H groups in total. The minimum Gasteiger partial charge on any atom is -0.493 e. The number of ether oxygens (including phenoxy) is 1. The van der Waals surface area contributed by atoms with Crippen LogP contribution in [0, 0.1) is 5.92 Å². The molecule has 2 rings (SSSR count). The first-order chi connectivity index (χ1) is 11.0. The van der Waals surface area contributed by atoms with Gasteiger partial charge in [-0.1, -0.05) is 38.1 Å². The SMILES string of the molecule is CC(C)COc1cccc(NC(=O)CCc2ccccc2N)c1.Cl. The van der Waals surface area contributed by atoms with Gasteiger partial charge in [0.15, 0.2) is 0 Å². The Morgan fingerprint density at radius 1 is 1.17 bits per heavy atom. The second kappa shape index (κ2) is 9.83. The summed E-state index contributed by atoms with van der Waals surface area (Å²) in [4.78, 5) is 12.1. The number of aryl methyl sites for hydroxylation is 1. The highest BCUT2D eigenvalue weighted by Gasteiger charge is 2.06. The van der Waals surface area contributed by atoms with Gasteiger partial charge in [-0.25, -0.2) is 0 Å². The van der Waals surface area contributed by atoms with Crippen molar-refractivity contribution in [3.05, 3.63) is 54.1 Å². The molecule has 0 aromatic heterocycles. The van der Waals surface area contributed by atoms with Crippen molar-refractivity contribution < 1.29 is 9.53 Å². The van der Waals surface area contributed by atoms with Gasteiger partial charge in [0.25, 0.3) is 0 Å². The number of hydrogen-bond acceptors (Lipinski definition) is 3. The number of anilines is 2. The van der Waals surface area contributed by atoms with Crippen LogP contribution in [-0.2, 0) is 11.2 Å². The Labute approximate surface area is 149 Å². The lowest BCUT2D eigenvalue weighted by Gasteiger charge is -2.11. The first kappa shape index (κ1) is 19.8. The summed E-state index contributed by atoms with van der Waals surface area (Å²) in [5.74, 6) is 1.20. The van der Waals surface area contributed by atoms with Crippen LogP contribution in [0.2, 0.25) is 0 Å². The number of halogens is 1. The number of carbonyl (C=O) groups is 1. The third-order valence-corrected chi connectivity index (χ3v) is 3.38. The van der Waals surface area contributed by atoms with Crippen LogP contribution in [0.3, 0.4) is 0 Å². The zero-order chi connectivity index (χ0) is 16.7. The number of nitrogens with one attached hydrogen (secondary N) is 1. The van der Waals surface area contributed by atoms with Crippen molar-refractivity contribution in [1.82, 2.24) is 0 Å². The Balaban J connectivity index is 0.00000288. The molecule has 0 fully saturated rings. The van der Waals surface area contributed by atoms with E-state index in [0.717, 1.165) is 22.7 Å². The molecular formula is C19H25ClN2O2. The third kappa shape index (κ3) is 6.50. The van der Waals surface area contributed by atoms with E-state index < -0.39 is 0 Å². The maximum absolute atomic E-state index is 12.1. The van der Waals surface area contributed by atoms with Crippen LogP contribution in [0.4, 0.5) is 11.4 Å². The van der Waals surface area contributed by atoms with Crippen molar-refractivity contribution in [3.8, 4) is 5.75 Å². The first-order valence-corrected chi connectivity index (χ1v) is 7.90. The molecule has 0 atom stereocenters. The zero-order valence-corrected chi connectivity index (χ0v) is 14.9. The Kier molecular flexibility index (Phi) is 8.13. The molecule has 4 nitrogen and oxygen atoms in total. The summed E-state index contributed by atoms with van der Waals surface area (Å²) in [6.07, 6.45) is 1.02. The summed E-state index contributed by atoms with van der Waals surface area (Å²) in [5, 5.41) is 2.90. The van der Waals surface area contributed by atoms with Gasteiger partial charge in [0.2, 0.25) is 5.91 Å². The first-order valence-electron chi connectivity index (χ1n) is 7.90. The number of hydrogen-bond donors (Lipinski definition) is 2. The number of rotatable bonds is 7. The van der Waals surface area contributed by atoms with Gasteiger partial charge >= 0.3 is 0 Å². The van der Waals surface area contributed by atoms with Crippen LogP contribution in [-0.4, -0.2) is 12.5 Å². The van der Waals surface area contributed by atoms with E-state index >= 15 is 0 Å². The summed E-state index contributed by atoms with van der Waals surface area (Å²) in [6, 6.07) is 15.1. The van der Waals surface area contributed by atoms with E-state index in [2.05, 4.69) is 19.2 Å². The average molecular weight is 349 g/mol. The van der Waals surface area contributed by atoms with E-state index in [0.29, 0.717) is 25.4 Å². The van der Waals surface area contributed by atoms with Gasteiger partial charge < -0.3 is 15.8 Å². The van der Waals surface area contributed by atoms with Crippen LogP contribution in [0.15, 0.2) is 48.5 Å². The lowest BCUT2D eigenvalue weighted by molar-refractivity contribution is -0.116. The second-order valence-electron chi connectivity index (χ2n) is 5.98. The molecule has 24 heavy (non-hydrogen) atoms. The van der Waals surface area contributed by atoms with Crippen molar-refractivity contribution in [3.63, 3.8) is 0 Å². The molecule has 0 unspecified atom stereocenters. The van der Waals surface area contributed by atoms with E-state index in [1.54, 1.807) is 0 Å². The quantitative estimate of drug-likeness (QED) is 0.733. The van der Waals surface area contributed by atoms with Crippen LogP contribution in [0.25, 0.3) is 0 Å². The normalized spacial score (nSPS) is 10.1. The topological polar surface area (TPSA) is 64.3 Å². The fourth-order valence-corrected chi connectivity index (χ4v) is 2.16. The molecule has 1 amide bonds. The van der Waals surface area contributed by atoms with Crippen LogP contribution < -0.4 is 15.8 Å². The molecule has 0 bridgehead atoms. The molecule has 0 aliphatic rings. The van der Waals surface area contributed by atoms with Gasteiger partial charge in [0.05, 0.1) is 6.61 Å². The standard InChI is InChI=1S/C19H24N2O2.ClH/c1-14(2)13-23-17-8-5-7-16(12-17)21-19(22)11-10-15-6-3-4-9-18(15)20;/h3-9,12,14H,10-11,13,20H2,1-2H3,(H,21,22);1H.